The van der Waals surface area contributed by atoms with Gasteiger partial charge in [-0.3, -0.25) is 9.48 Å². The summed E-state index contributed by atoms with van der Waals surface area (Å²) in [5, 5.41) is 4.12. The monoisotopic (exact) mass is 409 g/mol. The van der Waals surface area contributed by atoms with Crippen molar-refractivity contribution in [2.24, 2.45) is 0 Å². The lowest BCUT2D eigenvalue weighted by atomic mass is 10.0. The van der Waals surface area contributed by atoms with Crippen molar-refractivity contribution in [1.29, 1.82) is 0 Å². The first kappa shape index (κ1) is 20.1. The van der Waals surface area contributed by atoms with Gasteiger partial charge in [-0.05, 0) is 35.4 Å². The summed E-state index contributed by atoms with van der Waals surface area (Å²) < 4.78 is 26.9. The Bertz CT molecular complexity index is 991. The van der Waals surface area contributed by atoms with E-state index in [0.717, 1.165) is 16.7 Å². The molecule has 3 aromatic rings. The molecular weight excluding hydrogens is 385 g/mol. The smallest absolute Gasteiger partial charge is 0.244 e. The highest BCUT2D eigenvalue weighted by atomic mass is 19.1. The van der Waals surface area contributed by atoms with Crippen LogP contribution in [0.25, 0.3) is 0 Å². The number of carbonyl (C=O) groups excluding carboxylic acids is 1. The zero-order chi connectivity index (χ0) is 20.8. The lowest BCUT2D eigenvalue weighted by Crippen LogP contribution is -2.36. The molecule has 156 valence electrons. The minimum absolute atomic E-state index is 0.0246. The standard InChI is InChI=1S/C23H24FN3O3/c24-21-5-6-22-20(15-21)14-18-3-1-4-19(13-18)16-26(9-10-29-11-12-30-22)23(28)17-27-8-2-7-25-27/h1-8,13,15H,9-12,14,16-17H2. The highest BCUT2D eigenvalue weighted by Gasteiger charge is 2.16. The zero-order valence-corrected chi connectivity index (χ0v) is 16.7. The molecule has 2 heterocycles. The van der Waals surface area contributed by atoms with Gasteiger partial charge in [0.1, 0.15) is 24.7 Å². The van der Waals surface area contributed by atoms with E-state index in [0.29, 0.717) is 45.1 Å². The fourth-order valence-corrected chi connectivity index (χ4v) is 3.52. The van der Waals surface area contributed by atoms with E-state index < -0.39 is 0 Å². The molecule has 0 spiro atoms. The van der Waals surface area contributed by atoms with Gasteiger partial charge in [0, 0.05) is 37.5 Å². The quantitative estimate of drug-likeness (QED) is 0.653. The van der Waals surface area contributed by atoms with E-state index in [1.165, 1.54) is 12.1 Å². The van der Waals surface area contributed by atoms with Crippen molar-refractivity contribution in [2.45, 2.75) is 19.5 Å². The van der Waals surface area contributed by atoms with Gasteiger partial charge in [0.15, 0.2) is 0 Å². The molecule has 2 bridgehead atoms. The number of fused-ring (bicyclic) bond motifs is 3. The van der Waals surface area contributed by atoms with Gasteiger partial charge in [0.2, 0.25) is 5.91 Å². The second-order valence-electron chi connectivity index (χ2n) is 7.23. The van der Waals surface area contributed by atoms with Gasteiger partial charge in [-0.2, -0.15) is 5.10 Å². The molecule has 0 saturated carbocycles. The molecule has 0 aliphatic carbocycles. The number of hydrogen-bond acceptors (Lipinski definition) is 4. The summed E-state index contributed by atoms with van der Waals surface area (Å²) in [5.74, 6) is 0.350. The highest BCUT2D eigenvalue weighted by molar-refractivity contribution is 5.75. The second-order valence-corrected chi connectivity index (χ2v) is 7.23. The normalized spacial score (nSPS) is 15.0. The molecule has 0 unspecified atom stereocenters. The third-order valence-electron chi connectivity index (χ3n) is 4.98. The Morgan fingerprint density at radius 3 is 2.83 bits per heavy atom. The van der Waals surface area contributed by atoms with E-state index in [1.54, 1.807) is 34.1 Å². The molecule has 1 aromatic heterocycles. The fourth-order valence-electron chi connectivity index (χ4n) is 3.52. The molecule has 1 aliphatic heterocycles. The van der Waals surface area contributed by atoms with Gasteiger partial charge in [0.25, 0.3) is 0 Å². The molecule has 7 heteroatoms. The molecule has 0 saturated heterocycles. The number of hydrogen-bond donors (Lipinski definition) is 0. The van der Waals surface area contributed by atoms with E-state index in [1.807, 2.05) is 18.2 Å². The number of ether oxygens (including phenoxy) is 2. The minimum Gasteiger partial charge on any atom is -0.491 e. The van der Waals surface area contributed by atoms with E-state index in [4.69, 9.17) is 9.47 Å². The Hall–Kier alpha value is -3.19. The Morgan fingerprint density at radius 2 is 1.97 bits per heavy atom. The van der Waals surface area contributed by atoms with Gasteiger partial charge < -0.3 is 14.4 Å². The lowest BCUT2D eigenvalue weighted by Gasteiger charge is -2.24. The topological polar surface area (TPSA) is 56.6 Å². The number of rotatable bonds is 2. The van der Waals surface area contributed by atoms with Crippen LogP contribution in [0.3, 0.4) is 0 Å². The largest absolute Gasteiger partial charge is 0.491 e. The molecule has 0 fully saturated rings. The maximum absolute atomic E-state index is 13.8. The van der Waals surface area contributed by atoms with Crippen LogP contribution in [0.1, 0.15) is 16.7 Å². The molecule has 1 aliphatic rings. The van der Waals surface area contributed by atoms with Crippen LogP contribution >= 0.6 is 0 Å². The Kier molecular flexibility index (Phi) is 6.39. The summed E-state index contributed by atoms with van der Waals surface area (Å²) >= 11 is 0. The van der Waals surface area contributed by atoms with Crippen LogP contribution in [-0.2, 0) is 29.0 Å². The molecule has 0 N–H and O–H groups in total. The Labute approximate surface area is 174 Å². The van der Waals surface area contributed by atoms with E-state index in [9.17, 15) is 9.18 Å². The van der Waals surface area contributed by atoms with Gasteiger partial charge in [-0.25, -0.2) is 4.39 Å². The third-order valence-corrected chi connectivity index (χ3v) is 4.98. The molecular formula is C23H24FN3O3. The van der Waals surface area contributed by atoms with E-state index in [-0.39, 0.29) is 18.3 Å². The minimum atomic E-state index is -0.290. The Balaban J connectivity index is 1.57. The summed E-state index contributed by atoms with van der Waals surface area (Å²) in [6, 6.07) is 14.4. The number of benzene rings is 2. The lowest BCUT2D eigenvalue weighted by molar-refractivity contribution is -0.133. The SMILES string of the molecule is O=C(Cn1cccn1)N1CCOCCOc2ccc(F)cc2Cc2cccc(c2)C1. The van der Waals surface area contributed by atoms with Crippen molar-refractivity contribution in [1.82, 2.24) is 14.7 Å². The molecule has 2 aromatic carbocycles. The van der Waals surface area contributed by atoms with Gasteiger partial charge in [-0.15, -0.1) is 0 Å². The summed E-state index contributed by atoms with van der Waals surface area (Å²) in [6.07, 6.45) is 3.97. The number of amides is 1. The average Bonchev–Trinajstić information content (AvgIpc) is 3.24. The van der Waals surface area contributed by atoms with Crippen molar-refractivity contribution in [3.8, 4) is 5.75 Å². The molecule has 1 amide bonds. The Morgan fingerprint density at radius 1 is 1.07 bits per heavy atom. The summed E-state index contributed by atoms with van der Waals surface area (Å²) in [7, 11) is 0. The average molecular weight is 409 g/mol. The zero-order valence-electron chi connectivity index (χ0n) is 16.7. The summed E-state index contributed by atoms with van der Waals surface area (Å²) in [6.45, 7) is 2.30. The van der Waals surface area contributed by atoms with E-state index >= 15 is 0 Å². The number of carbonyl (C=O) groups is 1. The molecule has 0 atom stereocenters. The van der Waals surface area contributed by atoms with E-state index in [2.05, 4.69) is 11.2 Å². The molecule has 6 nitrogen and oxygen atoms in total. The van der Waals surface area contributed by atoms with Crippen molar-refractivity contribution < 1.29 is 18.7 Å². The van der Waals surface area contributed by atoms with Crippen molar-refractivity contribution in [2.75, 3.05) is 26.4 Å². The van der Waals surface area contributed by atoms with Crippen molar-refractivity contribution >= 4 is 5.91 Å². The second kappa shape index (κ2) is 9.54. The predicted molar refractivity (Wildman–Crippen MR) is 110 cm³/mol. The molecule has 30 heavy (non-hydrogen) atoms. The first-order valence-electron chi connectivity index (χ1n) is 9.99. The molecule has 0 radical (unpaired) electrons. The van der Waals surface area contributed by atoms with Crippen molar-refractivity contribution in [3.63, 3.8) is 0 Å². The maximum Gasteiger partial charge on any atom is 0.244 e. The van der Waals surface area contributed by atoms with Crippen LogP contribution in [0.4, 0.5) is 4.39 Å². The number of halogens is 1. The summed E-state index contributed by atoms with van der Waals surface area (Å²) in [5.41, 5.74) is 2.84. The predicted octanol–water partition coefficient (Wildman–Crippen LogP) is 3.05. The number of nitrogens with zero attached hydrogens (tertiary/aromatic N) is 3. The van der Waals surface area contributed by atoms with Crippen LogP contribution in [0.15, 0.2) is 60.9 Å². The first-order valence-corrected chi connectivity index (χ1v) is 9.99. The van der Waals surface area contributed by atoms with Crippen LogP contribution in [-0.4, -0.2) is 47.0 Å². The van der Waals surface area contributed by atoms with Gasteiger partial charge in [0.05, 0.1) is 13.2 Å². The van der Waals surface area contributed by atoms with Gasteiger partial charge >= 0.3 is 0 Å². The first-order chi connectivity index (χ1) is 14.7. The summed E-state index contributed by atoms with van der Waals surface area (Å²) in [4.78, 5) is 14.6. The number of aromatic nitrogens is 2. The third kappa shape index (κ3) is 5.24. The van der Waals surface area contributed by atoms with Crippen LogP contribution in [0, 0.1) is 5.82 Å². The van der Waals surface area contributed by atoms with Gasteiger partial charge in [-0.1, -0.05) is 24.3 Å². The van der Waals surface area contributed by atoms with Crippen LogP contribution < -0.4 is 4.74 Å². The molecule has 4 rings (SSSR count). The highest BCUT2D eigenvalue weighted by Crippen LogP contribution is 2.24. The van der Waals surface area contributed by atoms with Crippen LogP contribution in [0.5, 0.6) is 5.75 Å². The van der Waals surface area contributed by atoms with Crippen LogP contribution in [0.2, 0.25) is 0 Å². The maximum atomic E-state index is 13.8. The van der Waals surface area contributed by atoms with Crippen molar-refractivity contribution in [3.05, 3.63) is 83.4 Å². The fraction of sp³-hybridized carbons (Fsp3) is 0.304.